The fourth-order valence-electron chi connectivity index (χ4n) is 2.49. The van der Waals surface area contributed by atoms with Gasteiger partial charge >= 0.3 is 12.1 Å². The Bertz CT molecular complexity index is 513. The molecule has 0 spiro atoms. The highest BCUT2D eigenvalue weighted by Gasteiger charge is 2.24. The van der Waals surface area contributed by atoms with Crippen LogP contribution in [0.1, 0.15) is 36.5 Å². The van der Waals surface area contributed by atoms with Crippen molar-refractivity contribution >= 4 is 12.1 Å². The summed E-state index contributed by atoms with van der Waals surface area (Å²) in [7, 11) is 0. The molecule has 108 valence electrons. The minimum absolute atomic E-state index is 0.247. The Balaban J connectivity index is 1.90. The zero-order valence-electron chi connectivity index (χ0n) is 11.6. The quantitative estimate of drug-likeness (QED) is 0.663. The third-order valence-electron chi connectivity index (χ3n) is 3.50. The summed E-state index contributed by atoms with van der Waals surface area (Å²) in [6.07, 6.45) is 1.77. The van der Waals surface area contributed by atoms with E-state index in [0.29, 0.717) is 19.7 Å². The Hall–Kier alpha value is -2.04. The summed E-state index contributed by atoms with van der Waals surface area (Å²) < 4.78 is 4.90. The van der Waals surface area contributed by atoms with Crippen LogP contribution in [-0.2, 0) is 29.0 Å². The summed E-state index contributed by atoms with van der Waals surface area (Å²) >= 11 is 0. The van der Waals surface area contributed by atoms with Gasteiger partial charge in [-0.2, -0.15) is 0 Å². The van der Waals surface area contributed by atoms with Gasteiger partial charge in [0.1, 0.15) is 0 Å². The average Bonchev–Trinajstić information content (AvgIpc) is 2.83. The molecule has 2 rings (SSSR count). The number of benzene rings is 1. The van der Waals surface area contributed by atoms with Crippen molar-refractivity contribution in [2.45, 2.75) is 39.3 Å². The van der Waals surface area contributed by atoms with Gasteiger partial charge in [0.05, 0.1) is 6.61 Å². The van der Waals surface area contributed by atoms with Gasteiger partial charge in [-0.3, -0.25) is 9.69 Å². The number of hydrogen-bond acceptors (Lipinski definition) is 3. The molecule has 0 aromatic heterocycles. The summed E-state index contributed by atoms with van der Waals surface area (Å²) in [4.78, 5) is 23.1. The topological polar surface area (TPSA) is 66.8 Å². The van der Waals surface area contributed by atoms with Gasteiger partial charge < -0.3 is 9.84 Å². The molecule has 0 unspecified atom stereocenters. The van der Waals surface area contributed by atoms with Gasteiger partial charge in [-0.15, -0.1) is 0 Å². The maximum atomic E-state index is 11.0. The fourth-order valence-corrected chi connectivity index (χ4v) is 2.49. The molecule has 1 aliphatic heterocycles. The molecule has 0 bridgehead atoms. The van der Waals surface area contributed by atoms with Crippen molar-refractivity contribution < 1.29 is 19.4 Å². The summed E-state index contributed by atoms with van der Waals surface area (Å²) in [6.45, 7) is 2.81. The van der Waals surface area contributed by atoms with Crippen LogP contribution < -0.4 is 0 Å². The number of unbranched alkanes of at least 4 members (excludes halogenated alkanes) is 1. The molecule has 1 heterocycles. The highest BCUT2D eigenvalue weighted by molar-refractivity contribution is 5.66. The van der Waals surface area contributed by atoms with Gasteiger partial charge in [-0.05, 0) is 36.0 Å². The van der Waals surface area contributed by atoms with E-state index in [0.717, 1.165) is 30.4 Å². The molecule has 1 aromatic rings. The second-order valence-electron chi connectivity index (χ2n) is 4.99. The second kappa shape index (κ2) is 6.41. The van der Waals surface area contributed by atoms with Crippen LogP contribution in [0.5, 0.6) is 0 Å². The number of fused-ring (bicyclic) bond motifs is 1. The number of rotatable bonds is 5. The summed E-state index contributed by atoms with van der Waals surface area (Å²) in [6, 6.07) is 6.02. The van der Waals surface area contributed by atoms with Crippen molar-refractivity contribution in [3.05, 3.63) is 34.9 Å². The molecule has 0 radical (unpaired) electrons. The summed E-state index contributed by atoms with van der Waals surface area (Å²) in [5.41, 5.74) is 3.45. The van der Waals surface area contributed by atoms with Crippen molar-refractivity contribution in [2.75, 3.05) is 6.61 Å². The second-order valence-corrected chi connectivity index (χ2v) is 4.99. The normalized spacial score (nSPS) is 13.2. The lowest BCUT2D eigenvalue weighted by Crippen LogP contribution is -2.22. The van der Waals surface area contributed by atoms with Gasteiger partial charge in [-0.1, -0.05) is 18.2 Å². The number of esters is 1. The SMILES string of the molecule is CC(=O)OCCCCc1cccc2c1CN(C(=O)O)C2. The minimum atomic E-state index is -0.873. The maximum Gasteiger partial charge on any atom is 0.407 e. The van der Waals surface area contributed by atoms with Crippen LogP contribution in [0.3, 0.4) is 0 Å². The Morgan fingerprint density at radius 3 is 2.80 bits per heavy atom. The van der Waals surface area contributed by atoms with Crippen LogP contribution in [0.4, 0.5) is 4.79 Å². The molecule has 1 aromatic carbocycles. The van der Waals surface area contributed by atoms with E-state index >= 15 is 0 Å². The van der Waals surface area contributed by atoms with E-state index in [1.807, 2.05) is 12.1 Å². The maximum absolute atomic E-state index is 11.0. The van der Waals surface area contributed by atoms with Crippen LogP contribution >= 0.6 is 0 Å². The Morgan fingerprint density at radius 1 is 1.30 bits per heavy atom. The van der Waals surface area contributed by atoms with Crippen LogP contribution in [0.25, 0.3) is 0 Å². The van der Waals surface area contributed by atoms with Crippen LogP contribution in [0.15, 0.2) is 18.2 Å². The van der Waals surface area contributed by atoms with E-state index in [4.69, 9.17) is 9.84 Å². The van der Waals surface area contributed by atoms with Crippen LogP contribution in [0.2, 0.25) is 0 Å². The van der Waals surface area contributed by atoms with Gasteiger partial charge in [0, 0.05) is 20.0 Å². The molecule has 1 aliphatic rings. The van der Waals surface area contributed by atoms with Crippen molar-refractivity contribution in [3.8, 4) is 0 Å². The highest BCUT2D eigenvalue weighted by Crippen LogP contribution is 2.27. The minimum Gasteiger partial charge on any atom is -0.466 e. The lowest BCUT2D eigenvalue weighted by Gasteiger charge is -2.10. The molecule has 0 aliphatic carbocycles. The van der Waals surface area contributed by atoms with Crippen LogP contribution in [-0.4, -0.2) is 28.7 Å². The van der Waals surface area contributed by atoms with E-state index in [1.54, 1.807) is 0 Å². The molecule has 20 heavy (non-hydrogen) atoms. The molecule has 0 saturated heterocycles. The summed E-state index contributed by atoms with van der Waals surface area (Å²) in [5.74, 6) is -0.247. The lowest BCUT2D eigenvalue weighted by atomic mass is 9.99. The van der Waals surface area contributed by atoms with Crippen molar-refractivity contribution in [2.24, 2.45) is 0 Å². The molecule has 1 N–H and O–H groups in total. The Morgan fingerprint density at radius 2 is 2.10 bits per heavy atom. The van der Waals surface area contributed by atoms with Gasteiger partial charge in [0.25, 0.3) is 0 Å². The first-order chi connectivity index (χ1) is 9.58. The molecular formula is C15H19NO4. The van der Waals surface area contributed by atoms with E-state index in [9.17, 15) is 9.59 Å². The van der Waals surface area contributed by atoms with Crippen molar-refractivity contribution in [3.63, 3.8) is 0 Å². The van der Waals surface area contributed by atoms with E-state index in [-0.39, 0.29) is 5.97 Å². The standard InChI is InChI=1S/C15H19NO4/c1-11(17)20-8-3-2-5-12-6-4-7-13-9-16(15(18)19)10-14(12)13/h4,6-7H,2-3,5,8-10H2,1H3,(H,18,19). The number of carbonyl (C=O) groups excluding carboxylic acids is 1. The highest BCUT2D eigenvalue weighted by atomic mass is 16.5. The first kappa shape index (κ1) is 14.4. The number of nitrogens with zero attached hydrogens (tertiary/aromatic N) is 1. The monoisotopic (exact) mass is 277 g/mol. The molecule has 0 saturated carbocycles. The number of aryl methyl sites for hydroxylation is 1. The zero-order valence-corrected chi connectivity index (χ0v) is 11.6. The zero-order chi connectivity index (χ0) is 14.5. The Kier molecular flexibility index (Phi) is 4.61. The lowest BCUT2D eigenvalue weighted by molar-refractivity contribution is -0.141. The number of carbonyl (C=O) groups is 2. The smallest absolute Gasteiger partial charge is 0.407 e. The Labute approximate surface area is 118 Å². The van der Waals surface area contributed by atoms with Gasteiger partial charge in [0.2, 0.25) is 0 Å². The molecule has 0 atom stereocenters. The third-order valence-corrected chi connectivity index (χ3v) is 3.50. The van der Waals surface area contributed by atoms with Crippen molar-refractivity contribution in [1.82, 2.24) is 4.90 Å². The fraction of sp³-hybridized carbons (Fsp3) is 0.467. The first-order valence-corrected chi connectivity index (χ1v) is 6.79. The van der Waals surface area contributed by atoms with E-state index in [1.165, 1.54) is 17.4 Å². The molecule has 5 nitrogen and oxygen atoms in total. The van der Waals surface area contributed by atoms with Crippen LogP contribution in [0, 0.1) is 0 Å². The van der Waals surface area contributed by atoms with Crippen molar-refractivity contribution in [1.29, 1.82) is 0 Å². The number of carboxylic acid groups (broad SMARTS) is 1. The molecule has 0 fully saturated rings. The van der Waals surface area contributed by atoms with E-state index < -0.39 is 6.09 Å². The molecular weight excluding hydrogens is 258 g/mol. The molecule has 5 heteroatoms. The largest absolute Gasteiger partial charge is 0.466 e. The van der Waals surface area contributed by atoms with Gasteiger partial charge in [-0.25, -0.2) is 4.79 Å². The predicted molar refractivity (Wildman–Crippen MR) is 73.3 cm³/mol. The van der Waals surface area contributed by atoms with Gasteiger partial charge in [0.15, 0.2) is 0 Å². The molecule has 1 amide bonds. The number of ether oxygens (including phenoxy) is 1. The third kappa shape index (κ3) is 3.50. The predicted octanol–water partition coefficient (Wildman–Crippen LogP) is 2.57. The first-order valence-electron chi connectivity index (χ1n) is 6.79. The average molecular weight is 277 g/mol. The van der Waals surface area contributed by atoms with E-state index in [2.05, 4.69) is 6.07 Å². The number of amides is 1. The number of hydrogen-bond donors (Lipinski definition) is 1. The summed E-state index contributed by atoms with van der Waals surface area (Å²) in [5, 5.41) is 9.05.